The zero-order valence-electron chi connectivity index (χ0n) is 18.5. The van der Waals surface area contributed by atoms with Gasteiger partial charge in [0.15, 0.2) is 18.1 Å². The molecule has 1 amide bonds. The van der Waals surface area contributed by atoms with Crippen LogP contribution in [0.4, 0.5) is 11.4 Å². The molecule has 34 heavy (non-hydrogen) atoms. The predicted octanol–water partition coefficient (Wildman–Crippen LogP) is 3.63. The largest absolute Gasteiger partial charge is 0.454 e. The van der Waals surface area contributed by atoms with E-state index < -0.39 is 28.5 Å². The average molecular weight is 483 g/mol. The van der Waals surface area contributed by atoms with Crippen molar-refractivity contribution in [3.8, 4) is 11.5 Å². The lowest BCUT2D eigenvalue weighted by molar-refractivity contribution is -0.119. The number of anilines is 2. The van der Waals surface area contributed by atoms with Crippen molar-refractivity contribution in [2.75, 3.05) is 23.4 Å². The lowest BCUT2D eigenvalue weighted by Crippen LogP contribution is -2.22. The molecule has 10 heteroatoms. The van der Waals surface area contributed by atoms with Gasteiger partial charge >= 0.3 is 5.97 Å². The fourth-order valence-electron chi connectivity index (χ4n) is 3.33. The number of hydrogen-bond acceptors (Lipinski definition) is 7. The first-order chi connectivity index (χ1) is 16.2. The maximum Gasteiger partial charge on any atom is 0.340 e. The molecule has 0 aromatic heterocycles. The van der Waals surface area contributed by atoms with E-state index in [0.29, 0.717) is 22.7 Å². The van der Waals surface area contributed by atoms with Crippen LogP contribution in [0.3, 0.4) is 0 Å². The van der Waals surface area contributed by atoms with E-state index in [1.54, 1.807) is 56.3 Å². The molecule has 0 spiro atoms. The molecule has 0 fully saturated rings. The van der Waals surface area contributed by atoms with E-state index in [-0.39, 0.29) is 22.9 Å². The summed E-state index contributed by atoms with van der Waals surface area (Å²) in [5.74, 6) is -0.343. The third-order valence-electron chi connectivity index (χ3n) is 5.02. The van der Waals surface area contributed by atoms with E-state index in [9.17, 15) is 18.0 Å². The van der Waals surface area contributed by atoms with Crippen LogP contribution in [-0.2, 0) is 19.6 Å². The van der Waals surface area contributed by atoms with Crippen LogP contribution in [0.1, 0.15) is 21.5 Å². The Hall–Kier alpha value is -4.05. The quantitative estimate of drug-likeness (QED) is 0.494. The summed E-state index contributed by atoms with van der Waals surface area (Å²) in [5, 5.41) is 2.60. The number of benzene rings is 3. The highest BCUT2D eigenvalue weighted by Gasteiger charge is 2.22. The first-order valence-corrected chi connectivity index (χ1v) is 11.8. The molecule has 0 unspecified atom stereocenters. The number of amides is 1. The van der Waals surface area contributed by atoms with Gasteiger partial charge in [0, 0.05) is 11.8 Å². The van der Waals surface area contributed by atoms with Crippen molar-refractivity contribution in [2.24, 2.45) is 0 Å². The van der Waals surface area contributed by atoms with Gasteiger partial charge in [-0.1, -0.05) is 24.3 Å². The van der Waals surface area contributed by atoms with E-state index in [0.717, 1.165) is 5.56 Å². The predicted molar refractivity (Wildman–Crippen MR) is 125 cm³/mol. The Kier molecular flexibility index (Phi) is 6.42. The zero-order chi connectivity index (χ0) is 24.3. The molecule has 3 aromatic carbocycles. The first-order valence-electron chi connectivity index (χ1n) is 10.3. The minimum absolute atomic E-state index is 0.0211. The molecule has 1 heterocycles. The number of fused-ring (bicyclic) bond motifs is 1. The Balaban J connectivity index is 1.43. The lowest BCUT2D eigenvalue weighted by Gasteiger charge is -2.14. The molecule has 2 N–H and O–H groups in total. The molecule has 1 aliphatic rings. The van der Waals surface area contributed by atoms with Crippen molar-refractivity contribution in [3.05, 3.63) is 77.4 Å². The summed E-state index contributed by atoms with van der Waals surface area (Å²) in [6.07, 6.45) is 0. The number of sulfonamides is 1. The van der Waals surface area contributed by atoms with Crippen LogP contribution in [0, 0.1) is 13.8 Å². The Labute approximate surface area is 196 Å². The number of rotatable bonds is 7. The van der Waals surface area contributed by atoms with Gasteiger partial charge in [-0.3, -0.25) is 9.52 Å². The average Bonchev–Trinajstić information content (AvgIpc) is 3.27. The molecular weight excluding hydrogens is 460 g/mol. The molecule has 0 atom stereocenters. The highest BCUT2D eigenvalue weighted by Crippen LogP contribution is 2.34. The second-order valence-corrected chi connectivity index (χ2v) is 9.26. The van der Waals surface area contributed by atoms with Crippen LogP contribution in [0.5, 0.6) is 11.5 Å². The summed E-state index contributed by atoms with van der Waals surface area (Å²) in [7, 11) is -3.96. The lowest BCUT2D eigenvalue weighted by atomic mass is 10.2. The summed E-state index contributed by atoms with van der Waals surface area (Å²) < 4.78 is 44.0. The van der Waals surface area contributed by atoms with Crippen molar-refractivity contribution in [1.82, 2.24) is 0 Å². The number of ether oxygens (including phenoxy) is 3. The third-order valence-corrected chi connectivity index (χ3v) is 6.52. The molecule has 9 nitrogen and oxygen atoms in total. The van der Waals surface area contributed by atoms with Gasteiger partial charge in [0.2, 0.25) is 6.79 Å². The molecule has 0 saturated heterocycles. The standard InChI is InChI=1S/C24H22N2O7S/c1-15-7-8-16(2)22(11-15)34(29,30)26-19-6-4-3-5-18(19)24(28)31-13-23(27)25-17-9-10-20-21(12-17)33-14-32-20/h3-12,26H,13-14H2,1-2H3,(H,25,27). The summed E-state index contributed by atoms with van der Waals surface area (Å²) in [5.41, 5.74) is 1.83. The Morgan fingerprint density at radius 2 is 1.74 bits per heavy atom. The van der Waals surface area contributed by atoms with Crippen molar-refractivity contribution < 1.29 is 32.2 Å². The van der Waals surface area contributed by atoms with Crippen molar-refractivity contribution in [2.45, 2.75) is 18.7 Å². The Bertz CT molecular complexity index is 1370. The van der Waals surface area contributed by atoms with Crippen LogP contribution >= 0.6 is 0 Å². The zero-order valence-corrected chi connectivity index (χ0v) is 19.3. The molecule has 4 rings (SSSR count). The summed E-state index contributed by atoms with van der Waals surface area (Å²) in [6.45, 7) is 3.02. The molecule has 0 saturated carbocycles. The molecule has 176 valence electrons. The van der Waals surface area contributed by atoms with Gasteiger partial charge in [0.25, 0.3) is 15.9 Å². The number of carbonyl (C=O) groups is 2. The second kappa shape index (κ2) is 9.44. The van der Waals surface area contributed by atoms with Crippen LogP contribution in [0.25, 0.3) is 0 Å². The Morgan fingerprint density at radius 1 is 0.971 bits per heavy atom. The number of carbonyl (C=O) groups excluding carboxylic acids is 2. The maximum atomic E-state index is 13.0. The normalized spacial score (nSPS) is 12.2. The summed E-state index contributed by atoms with van der Waals surface area (Å²) >= 11 is 0. The van der Waals surface area contributed by atoms with Gasteiger partial charge in [0.1, 0.15) is 0 Å². The van der Waals surface area contributed by atoms with E-state index in [1.807, 2.05) is 6.07 Å². The fraction of sp³-hybridized carbons (Fsp3) is 0.167. The number of para-hydroxylation sites is 1. The summed E-state index contributed by atoms with van der Waals surface area (Å²) in [4.78, 5) is 25.0. The van der Waals surface area contributed by atoms with Crippen LogP contribution in [0.2, 0.25) is 0 Å². The molecular formula is C24H22N2O7S. The second-order valence-electron chi connectivity index (χ2n) is 7.61. The monoisotopic (exact) mass is 482 g/mol. The number of hydrogen-bond donors (Lipinski definition) is 2. The van der Waals surface area contributed by atoms with Crippen molar-refractivity contribution in [3.63, 3.8) is 0 Å². The van der Waals surface area contributed by atoms with Crippen molar-refractivity contribution >= 4 is 33.3 Å². The van der Waals surface area contributed by atoms with Gasteiger partial charge in [-0.05, 0) is 55.3 Å². The third kappa shape index (κ3) is 5.12. The fourth-order valence-corrected chi connectivity index (χ4v) is 4.74. The molecule has 3 aromatic rings. The highest BCUT2D eigenvalue weighted by atomic mass is 32.2. The minimum Gasteiger partial charge on any atom is -0.454 e. The van der Waals surface area contributed by atoms with Crippen LogP contribution in [0.15, 0.2) is 65.6 Å². The van der Waals surface area contributed by atoms with E-state index >= 15 is 0 Å². The van der Waals surface area contributed by atoms with Crippen molar-refractivity contribution in [1.29, 1.82) is 0 Å². The Morgan fingerprint density at radius 3 is 2.56 bits per heavy atom. The molecule has 0 bridgehead atoms. The molecule has 1 aliphatic heterocycles. The van der Waals surface area contributed by atoms with Gasteiger partial charge in [0.05, 0.1) is 16.1 Å². The van der Waals surface area contributed by atoms with Gasteiger partial charge in [-0.15, -0.1) is 0 Å². The minimum atomic E-state index is -3.96. The molecule has 0 aliphatic carbocycles. The smallest absolute Gasteiger partial charge is 0.340 e. The number of aryl methyl sites for hydroxylation is 2. The molecule has 0 radical (unpaired) electrons. The van der Waals surface area contributed by atoms with Gasteiger partial charge < -0.3 is 19.5 Å². The number of nitrogens with one attached hydrogen (secondary N) is 2. The SMILES string of the molecule is Cc1ccc(C)c(S(=O)(=O)Nc2ccccc2C(=O)OCC(=O)Nc2ccc3c(c2)OCO3)c1. The number of esters is 1. The van der Waals surface area contributed by atoms with Crippen LogP contribution in [-0.4, -0.2) is 33.7 Å². The van der Waals surface area contributed by atoms with Crippen LogP contribution < -0.4 is 19.5 Å². The van der Waals surface area contributed by atoms with Gasteiger partial charge in [-0.25, -0.2) is 13.2 Å². The van der Waals surface area contributed by atoms with E-state index in [2.05, 4.69) is 10.0 Å². The first kappa shape index (κ1) is 23.1. The van der Waals surface area contributed by atoms with E-state index in [1.165, 1.54) is 12.1 Å². The highest BCUT2D eigenvalue weighted by molar-refractivity contribution is 7.92. The maximum absolute atomic E-state index is 13.0. The topological polar surface area (TPSA) is 120 Å². The van der Waals surface area contributed by atoms with Gasteiger partial charge in [-0.2, -0.15) is 0 Å². The summed E-state index contributed by atoms with van der Waals surface area (Å²) in [6, 6.07) is 16.0. The van der Waals surface area contributed by atoms with E-state index in [4.69, 9.17) is 14.2 Å².